The fraction of sp³-hybridized carbons (Fsp3) is 0.263. The standard InChI is InChI=1S/C19H15F3N2O4/c20-14-4-1-12(2-5-14)17(25)23-7-9-24(10-8-23)18(26)13-3-6-15-16(11-13)28-19(21,22)27-15/h1-6,11H,7-10H2. The number of hydrogen-bond acceptors (Lipinski definition) is 4. The van der Waals surface area contributed by atoms with Gasteiger partial charge in [-0.3, -0.25) is 9.59 Å². The smallest absolute Gasteiger partial charge is 0.395 e. The summed E-state index contributed by atoms with van der Waals surface area (Å²) in [6.07, 6.45) is -3.74. The molecule has 0 saturated carbocycles. The van der Waals surface area contributed by atoms with Gasteiger partial charge in [0.05, 0.1) is 0 Å². The van der Waals surface area contributed by atoms with E-state index in [0.717, 1.165) is 0 Å². The summed E-state index contributed by atoms with van der Waals surface area (Å²) in [5.41, 5.74) is 0.566. The Morgan fingerprint density at radius 3 is 1.89 bits per heavy atom. The minimum atomic E-state index is -3.74. The van der Waals surface area contributed by atoms with Crippen LogP contribution in [0.4, 0.5) is 13.2 Å². The molecule has 9 heteroatoms. The van der Waals surface area contributed by atoms with Gasteiger partial charge >= 0.3 is 6.29 Å². The number of rotatable bonds is 2. The predicted octanol–water partition coefficient (Wildman–Crippen LogP) is 2.75. The first kappa shape index (κ1) is 18.1. The Bertz CT molecular complexity index is 925. The third-order valence-corrected chi connectivity index (χ3v) is 4.59. The Morgan fingerprint density at radius 2 is 1.29 bits per heavy atom. The molecule has 6 nitrogen and oxygen atoms in total. The van der Waals surface area contributed by atoms with Crippen LogP contribution in [0.1, 0.15) is 20.7 Å². The molecule has 146 valence electrons. The van der Waals surface area contributed by atoms with Crippen molar-refractivity contribution in [3.05, 3.63) is 59.4 Å². The molecule has 2 aromatic rings. The minimum absolute atomic E-state index is 0.128. The summed E-state index contributed by atoms with van der Waals surface area (Å²) >= 11 is 0. The summed E-state index contributed by atoms with van der Waals surface area (Å²) in [6, 6.07) is 9.13. The molecule has 0 spiro atoms. The molecule has 28 heavy (non-hydrogen) atoms. The first-order valence-corrected chi connectivity index (χ1v) is 8.56. The van der Waals surface area contributed by atoms with E-state index in [1.165, 1.54) is 47.4 Å². The number of piperazine rings is 1. The van der Waals surface area contributed by atoms with Crippen molar-refractivity contribution in [1.29, 1.82) is 0 Å². The topological polar surface area (TPSA) is 59.1 Å². The van der Waals surface area contributed by atoms with Crippen LogP contribution < -0.4 is 9.47 Å². The maximum absolute atomic E-state index is 13.1. The highest BCUT2D eigenvalue weighted by Crippen LogP contribution is 2.41. The van der Waals surface area contributed by atoms with Gasteiger partial charge < -0.3 is 19.3 Å². The van der Waals surface area contributed by atoms with Crippen molar-refractivity contribution >= 4 is 11.8 Å². The molecule has 4 rings (SSSR count). The van der Waals surface area contributed by atoms with Crippen LogP contribution >= 0.6 is 0 Å². The molecule has 2 amide bonds. The van der Waals surface area contributed by atoms with Gasteiger partial charge in [0, 0.05) is 37.3 Å². The molecule has 1 fully saturated rings. The van der Waals surface area contributed by atoms with Crippen molar-refractivity contribution in [1.82, 2.24) is 9.80 Å². The molecule has 0 atom stereocenters. The molecule has 0 aliphatic carbocycles. The second-order valence-corrected chi connectivity index (χ2v) is 6.42. The maximum Gasteiger partial charge on any atom is 0.586 e. The fourth-order valence-electron chi connectivity index (χ4n) is 3.15. The largest absolute Gasteiger partial charge is 0.586 e. The first-order chi connectivity index (χ1) is 13.3. The van der Waals surface area contributed by atoms with E-state index in [1.807, 2.05) is 0 Å². The van der Waals surface area contributed by atoms with E-state index in [0.29, 0.717) is 18.7 Å². The van der Waals surface area contributed by atoms with Crippen LogP contribution in [0.3, 0.4) is 0 Å². The van der Waals surface area contributed by atoms with Crippen molar-refractivity contribution in [3.8, 4) is 11.5 Å². The highest BCUT2D eigenvalue weighted by atomic mass is 19.3. The third-order valence-electron chi connectivity index (χ3n) is 4.59. The van der Waals surface area contributed by atoms with Gasteiger partial charge in [0.1, 0.15) is 5.82 Å². The van der Waals surface area contributed by atoms with Crippen molar-refractivity contribution in [3.63, 3.8) is 0 Å². The van der Waals surface area contributed by atoms with Crippen LogP contribution in [0, 0.1) is 5.82 Å². The summed E-state index contributed by atoms with van der Waals surface area (Å²) in [5, 5.41) is 0. The number of carbonyl (C=O) groups excluding carboxylic acids is 2. The molecule has 0 N–H and O–H groups in total. The molecule has 0 aromatic heterocycles. The molecule has 2 heterocycles. The van der Waals surface area contributed by atoms with E-state index in [1.54, 1.807) is 4.90 Å². The summed E-state index contributed by atoms with van der Waals surface area (Å²) in [7, 11) is 0. The number of fused-ring (bicyclic) bond motifs is 1. The Hall–Kier alpha value is -3.23. The number of alkyl halides is 2. The van der Waals surface area contributed by atoms with Crippen LogP contribution in [0.25, 0.3) is 0 Å². The average molecular weight is 392 g/mol. The van der Waals surface area contributed by atoms with Crippen LogP contribution in [0.15, 0.2) is 42.5 Å². The minimum Gasteiger partial charge on any atom is -0.395 e. The molecule has 1 saturated heterocycles. The van der Waals surface area contributed by atoms with E-state index in [9.17, 15) is 22.8 Å². The van der Waals surface area contributed by atoms with Gasteiger partial charge in [0.25, 0.3) is 11.8 Å². The van der Waals surface area contributed by atoms with E-state index in [-0.39, 0.29) is 42.0 Å². The van der Waals surface area contributed by atoms with E-state index in [4.69, 9.17) is 0 Å². The lowest BCUT2D eigenvalue weighted by Gasteiger charge is -2.34. The molecule has 2 aromatic carbocycles. The Balaban J connectivity index is 1.39. The summed E-state index contributed by atoms with van der Waals surface area (Å²) in [6.45, 7) is 1.20. The molecule has 0 bridgehead atoms. The van der Waals surface area contributed by atoms with Crippen LogP contribution in [0.2, 0.25) is 0 Å². The molecule has 2 aliphatic rings. The lowest BCUT2D eigenvalue weighted by atomic mass is 10.1. The van der Waals surface area contributed by atoms with Crippen molar-refractivity contribution in [2.75, 3.05) is 26.2 Å². The number of ether oxygens (including phenoxy) is 2. The fourth-order valence-corrected chi connectivity index (χ4v) is 3.15. The molecule has 0 radical (unpaired) electrons. The SMILES string of the molecule is O=C(c1ccc(F)cc1)N1CCN(C(=O)c2ccc3c(c2)OC(F)(F)O3)CC1. The Kier molecular flexibility index (Phi) is 4.37. The van der Waals surface area contributed by atoms with E-state index >= 15 is 0 Å². The van der Waals surface area contributed by atoms with Gasteiger partial charge in [0.15, 0.2) is 11.5 Å². The molecular formula is C19H15F3N2O4. The second-order valence-electron chi connectivity index (χ2n) is 6.42. The predicted molar refractivity (Wildman–Crippen MR) is 90.9 cm³/mol. The lowest BCUT2D eigenvalue weighted by Crippen LogP contribution is -2.50. The quantitative estimate of drug-likeness (QED) is 0.789. The first-order valence-electron chi connectivity index (χ1n) is 8.56. The zero-order valence-corrected chi connectivity index (χ0v) is 14.5. The number of benzene rings is 2. The van der Waals surface area contributed by atoms with Crippen molar-refractivity contribution in [2.24, 2.45) is 0 Å². The van der Waals surface area contributed by atoms with Gasteiger partial charge in [-0.1, -0.05) is 0 Å². The number of nitrogens with zero attached hydrogens (tertiary/aromatic N) is 2. The molecule has 2 aliphatic heterocycles. The number of halogens is 3. The third kappa shape index (κ3) is 3.47. The molecular weight excluding hydrogens is 377 g/mol. The van der Waals surface area contributed by atoms with Gasteiger partial charge in [-0.25, -0.2) is 4.39 Å². The summed E-state index contributed by atoms with van der Waals surface area (Å²) < 4.78 is 47.9. The zero-order valence-electron chi connectivity index (χ0n) is 14.5. The average Bonchev–Trinajstić information content (AvgIpc) is 3.00. The van der Waals surface area contributed by atoms with Gasteiger partial charge in [-0.15, -0.1) is 8.78 Å². The zero-order chi connectivity index (χ0) is 19.9. The van der Waals surface area contributed by atoms with Crippen LogP contribution in [-0.4, -0.2) is 54.1 Å². The van der Waals surface area contributed by atoms with Crippen LogP contribution in [0.5, 0.6) is 11.5 Å². The highest BCUT2D eigenvalue weighted by molar-refractivity contribution is 5.96. The van der Waals surface area contributed by atoms with E-state index < -0.39 is 12.1 Å². The highest BCUT2D eigenvalue weighted by Gasteiger charge is 2.43. The Labute approximate surface area is 158 Å². The normalized spacial score (nSPS) is 17.5. The summed E-state index contributed by atoms with van der Waals surface area (Å²) in [5.74, 6) is -1.33. The van der Waals surface area contributed by atoms with Crippen molar-refractivity contribution < 1.29 is 32.2 Å². The van der Waals surface area contributed by atoms with Gasteiger partial charge in [0.2, 0.25) is 0 Å². The van der Waals surface area contributed by atoms with Gasteiger partial charge in [-0.2, -0.15) is 0 Å². The number of hydrogen-bond donors (Lipinski definition) is 0. The summed E-state index contributed by atoms with van der Waals surface area (Å²) in [4.78, 5) is 28.2. The van der Waals surface area contributed by atoms with Gasteiger partial charge in [-0.05, 0) is 42.5 Å². The lowest BCUT2D eigenvalue weighted by molar-refractivity contribution is -0.286. The van der Waals surface area contributed by atoms with E-state index in [2.05, 4.69) is 9.47 Å². The Morgan fingerprint density at radius 1 is 0.786 bits per heavy atom. The maximum atomic E-state index is 13.1. The van der Waals surface area contributed by atoms with Crippen LogP contribution in [-0.2, 0) is 0 Å². The second kappa shape index (κ2) is 6.74. The number of amides is 2. The monoisotopic (exact) mass is 392 g/mol. The number of carbonyl (C=O) groups is 2. The molecule has 0 unspecified atom stereocenters. The van der Waals surface area contributed by atoms with Crippen molar-refractivity contribution in [2.45, 2.75) is 6.29 Å².